The molecule has 3 aromatic rings. The van der Waals surface area contributed by atoms with Crippen molar-refractivity contribution in [1.82, 2.24) is 9.55 Å². The van der Waals surface area contributed by atoms with Crippen molar-refractivity contribution in [3.63, 3.8) is 0 Å². The van der Waals surface area contributed by atoms with Crippen LogP contribution in [0.3, 0.4) is 0 Å². The lowest BCUT2D eigenvalue weighted by molar-refractivity contribution is -0.274. The van der Waals surface area contributed by atoms with Crippen LogP contribution in [0, 0.1) is 22.7 Å². The summed E-state index contributed by atoms with van der Waals surface area (Å²) in [6.45, 7) is 0.907. The number of hydrogen-bond donors (Lipinski definition) is 0. The number of hydrogen-bond acceptors (Lipinski definition) is 7. The highest BCUT2D eigenvalue weighted by Crippen LogP contribution is 2.31. The molecule has 0 aliphatic carbocycles. The molecular formula is C23H18F3N5O3. The van der Waals surface area contributed by atoms with E-state index in [1.54, 1.807) is 13.1 Å². The number of rotatable bonds is 4. The van der Waals surface area contributed by atoms with Crippen LogP contribution in [0.1, 0.15) is 24.1 Å². The number of fused-ring (bicyclic) bond motifs is 1. The van der Waals surface area contributed by atoms with E-state index in [4.69, 9.17) is 4.74 Å². The second-order valence-electron chi connectivity index (χ2n) is 7.70. The molecule has 1 aliphatic rings. The van der Waals surface area contributed by atoms with Gasteiger partial charge in [-0.25, -0.2) is 4.98 Å². The third-order valence-electron chi connectivity index (χ3n) is 5.56. The average Bonchev–Trinajstić information content (AvgIpc) is 2.82. The molecule has 1 aliphatic heterocycles. The maximum atomic E-state index is 12.8. The third-order valence-corrected chi connectivity index (χ3v) is 5.56. The van der Waals surface area contributed by atoms with Gasteiger partial charge in [0.2, 0.25) is 0 Å². The average molecular weight is 469 g/mol. The number of ether oxygens (including phenoxy) is 2. The Bertz CT molecular complexity index is 1360. The maximum absolute atomic E-state index is 12.8. The number of alkyl halides is 3. The summed E-state index contributed by atoms with van der Waals surface area (Å²) in [5.41, 5.74) is 0.986. The SMILES string of the molecule is Cn1c(=O)c(C#N)c(N2CCC(Oc3ccc(OC(F)(F)F)cc3)CC2)c2nc(C#N)ccc21. The minimum absolute atomic E-state index is 0.0442. The number of halogens is 3. The number of nitrogens with zero attached hydrogens (tertiary/aromatic N) is 5. The molecule has 0 N–H and O–H groups in total. The first-order valence-electron chi connectivity index (χ1n) is 10.3. The Morgan fingerprint density at radius 2 is 1.68 bits per heavy atom. The van der Waals surface area contributed by atoms with Crippen LogP contribution in [0.4, 0.5) is 18.9 Å². The molecule has 0 bridgehead atoms. The highest BCUT2D eigenvalue weighted by Gasteiger charge is 2.31. The summed E-state index contributed by atoms with van der Waals surface area (Å²) in [7, 11) is 1.55. The predicted molar refractivity (Wildman–Crippen MR) is 115 cm³/mol. The molecule has 1 saturated heterocycles. The van der Waals surface area contributed by atoms with Crippen LogP contribution in [0.5, 0.6) is 11.5 Å². The van der Waals surface area contributed by atoms with E-state index in [-0.39, 0.29) is 23.1 Å². The van der Waals surface area contributed by atoms with Gasteiger partial charge < -0.3 is 18.9 Å². The summed E-state index contributed by atoms with van der Waals surface area (Å²) in [6.07, 6.45) is -3.89. The summed E-state index contributed by atoms with van der Waals surface area (Å²) in [4.78, 5) is 19.0. The lowest BCUT2D eigenvalue weighted by atomic mass is 10.0. The summed E-state index contributed by atoms with van der Waals surface area (Å²) in [5.74, 6) is 0.0746. The van der Waals surface area contributed by atoms with Gasteiger partial charge in [0.05, 0.1) is 11.2 Å². The van der Waals surface area contributed by atoms with Gasteiger partial charge in [-0.15, -0.1) is 13.2 Å². The molecule has 0 saturated carbocycles. The highest BCUT2D eigenvalue weighted by atomic mass is 19.4. The lowest BCUT2D eigenvalue weighted by Gasteiger charge is -2.34. The molecule has 3 heterocycles. The van der Waals surface area contributed by atoms with Crippen molar-refractivity contribution in [2.75, 3.05) is 18.0 Å². The first-order valence-corrected chi connectivity index (χ1v) is 10.3. The quantitative estimate of drug-likeness (QED) is 0.575. The number of benzene rings is 1. The van der Waals surface area contributed by atoms with Crippen molar-refractivity contribution < 1.29 is 22.6 Å². The second kappa shape index (κ2) is 8.94. The molecule has 0 atom stereocenters. The largest absolute Gasteiger partial charge is 0.573 e. The third kappa shape index (κ3) is 4.59. The second-order valence-corrected chi connectivity index (χ2v) is 7.70. The van der Waals surface area contributed by atoms with Crippen LogP contribution < -0.4 is 19.9 Å². The molecule has 1 aromatic carbocycles. The molecule has 0 radical (unpaired) electrons. The predicted octanol–water partition coefficient (Wildman–Crippen LogP) is 3.62. The van der Waals surface area contributed by atoms with Crippen molar-refractivity contribution >= 4 is 16.7 Å². The minimum atomic E-state index is -4.76. The van der Waals surface area contributed by atoms with Crippen LogP contribution in [0.2, 0.25) is 0 Å². The molecule has 0 unspecified atom stereocenters. The molecule has 4 rings (SSSR count). The Balaban J connectivity index is 1.54. The summed E-state index contributed by atoms with van der Waals surface area (Å²) in [6, 6.07) is 12.3. The fraction of sp³-hybridized carbons (Fsp3) is 0.304. The molecule has 1 fully saturated rings. The molecule has 0 spiro atoms. The number of nitriles is 2. The standard InChI is InChI=1S/C23H18F3N5O3/c1-30-19-7-2-14(12-27)29-20(19)21(18(13-28)22(30)32)31-10-8-16(9-11-31)33-15-3-5-17(6-4-15)34-23(24,25)26/h2-7,16H,8-11H2,1H3. The number of piperidine rings is 1. The van der Waals surface area contributed by atoms with Crippen molar-refractivity contribution in [3.8, 4) is 23.6 Å². The van der Waals surface area contributed by atoms with Crippen molar-refractivity contribution in [2.24, 2.45) is 7.05 Å². The van der Waals surface area contributed by atoms with E-state index in [0.717, 1.165) is 0 Å². The van der Waals surface area contributed by atoms with E-state index in [1.807, 2.05) is 17.0 Å². The Morgan fingerprint density at radius 3 is 2.26 bits per heavy atom. The van der Waals surface area contributed by atoms with Crippen molar-refractivity contribution in [1.29, 1.82) is 10.5 Å². The van der Waals surface area contributed by atoms with E-state index in [0.29, 0.717) is 48.4 Å². The molecule has 2 aromatic heterocycles. The van der Waals surface area contributed by atoms with Gasteiger partial charge in [-0.3, -0.25) is 4.79 Å². The first kappa shape index (κ1) is 22.9. The Kier molecular flexibility index (Phi) is 6.03. The Morgan fingerprint density at radius 1 is 1.03 bits per heavy atom. The van der Waals surface area contributed by atoms with Crippen LogP contribution in [0.25, 0.3) is 11.0 Å². The van der Waals surface area contributed by atoms with Crippen molar-refractivity contribution in [2.45, 2.75) is 25.3 Å². The van der Waals surface area contributed by atoms with Gasteiger partial charge >= 0.3 is 6.36 Å². The van der Waals surface area contributed by atoms with Crippen LogP contribution in [-0.4, -0.2) is 35.1 Å². The van der Waals surface area contributed by atoms with Gasteiger partial charge in [-0.1, -0.05) is 0 Å². The van der Waals surface area contributed by atoms with Gasteiger partial charge in [-0.05, 0) is 36.4 Å². The molecule has 0 amide bonds. The first-order chi connectivity index (χ1) is 16.2. The van der Waals surface area contributed by atoms with Crippen LogP contribution in [0.15, 0.2) is 41.2 Å². The lowest BCUT2D eigenvalue weighted by Crippen LogP contribution is -2.40. The molecule has 11 heteroatoms. The number of anilines is 1. The van der Waals surface area contributed by atoms with E-state index in [1.165, 1.54) is 34.9 Å². The van der Waals surface area contributed by atoms with Crippen LogP contribution >= 0.6 is 0 Å². The smallest absolute Gasteiger partial charge is 0.490 e. The molecule has 8 nitrogen and oxygen atoms in total. The zero-order chi connectivity index (χ0) is 24.5. The maximum Gasteiger partial charge on any atom is 0.573 e. The molecule has 34 heavy (non-hydrogen) atoms. The number of aromatic nitrogens is 2. The summed E-state index contributed by atoms with van der Waals surface area (Å²) >= 11 is 0. The monoisotopic (exact) mass is 469 g/mol. The number of pyridine rings is 2. The highest BCUT2D eigenvalue weighted by molar-refractivity contribution is 5.92. The van der Waals surface area contributed by atoms with E-state index < -0.39 is 11.9 Å². The van der Waals surface area contributed by atoms with Crippen molar-refractivity contribution in [3.05, 3.63) is 58.0 Å². The van der Waals surface area contributed by atoms with Gasteiger partial charge in [-0.2, -0.15) is 10.5 Å². The fourth-order valence-corrected chi connectivity index (χ4v) is 3.97. The number of aryl methyl sites for hydroxylation is 1. The normalized spacial score (nSPS) is 14.5. The summed E-state index contributed by atoms with van der Waals surface area (Å²) < 4.78 is 48.0. The Labute approximate surface area is 192 Å². The zero-order valence-electron chi connectivity index (χ0n) is 18.0. The molecule has 174 valence electrons. The van der Waals surface area contributed by atoms with E-state index in [2.05, 4.69) is 9.72 Å². The van der Waals surface area contributed by atoms with Gasteiger partial charge in [0.15, 0.2) is 0 Å². The zero-order valence-corrected chi connectivity index (χ0v) is 18.0. The van der Waals surface area contributed by atoms with Gasteiger partial charge in [0, 0.05) is 33.0 Å². The molecular weight excluding hydrogens is 451 g/mol. The van der Waals surface area contributed by atoms with Gasteiger partial charge in [0.1, 0.15) is 46.5 Å². The minimum Gasteiger partial charge on any atom is -0.490 e. The van der Waals surface area contributed by atoms with Gasteiger partial charge in [0.25, 0.3) is 5.56 Å². The van der Waals surface area contributed by atoms with E-state index in [9.17, 15) is 28.5 Å². The van der Waals surface area contributed by atoms with Crippen LogP contribution in [-0.2, 0) is 7.05 Å². The fourth-order valence-electron chi connectivity index (χ4n) is 3.97. The Hall–Kier alpha value is -4.25. The van der Waals surface area contributed by atoms with E-state index >= 15 is 0 Å². The summed E-state index contributed by atoms with van der Waals surface area (Å²) in [5, 5.41) is 18.9. The topological polar surface area (TPSA) is 104 Å².